The Kier molecular flexibility index (Phi) is 5.82. The van der Waals surface area contributed by atoms with Crippen molar-refractivity contribution < 1.29 is 8.42 Å². The van der Waals surface area contributed by atoms with E-state index in [1.54, 1.807) is 14.0 Å². The van der Waals surface area contributed by atoms with E-state index in [9.17, 15) is 8.42 Å². The molecule has 0 amide bonds. The lowest BCUT2D eigenvalue weighted by molar-refractivity contribution is 0.572. The second-order valence-corrected chi connectivity index (χ2v) is 7.03. The normalized spacial score (nSPS) is 13.3. The van der Waals surface area contributed by atoms with Gasteiger partial charge in [0.2, 0.25) is 10.0 Å². The molecular formula is C14H24N2O2S. The molecule has 0 aliphatic heterocycles. The maximum absolute atomic E-state index is 12.4. The first-order valence-corrected chi connectivity index (χ1v) is 8.21. The number of aryl methyl sites for hydroxylation is 1. The summed E-state index contributed by atoms with van der Waals surface area (Å²) in [6.07, 6.45) is 0.952. The van der Waals surface area contributed by atoms with Crippen molar-refractivity contribution >= 4 is 15.7 Å². The molecule has 1 aromatic carbocycles. The van der Waals surface area contributed by atoms with Gasteiger partial charge in [0, 0.05) is 13.6 Å². The predicted molar refractivity (Wildman–Crippen MR) is 81.1 cm³/mol. The molecular weight excluding hydrogens is 260 g/mol. The average molecular weight is 284 g/mol. The summed E-state index contributed by atoms with van der Waals surface area (Å²) in [5, 5.41) is 2.63. The lowest BCUT2D eigenvalue weighted by Gasteiger charge is -2.24. The van der Waals surface area contributed by atoms with E-state index >= 15 is 0 Å². The zero-order valence-corrected chi connectivity index (χ0v) is 13.0. The molecule has 1 atom stereocenters. The molecule has 0 aliphatic carbocycles. The van der Waals surface area contributed by atoms with Crippen LogP contribution >= 0.6 is 0 Å². The van der Waals surface area contributed by atoms with Crippen molar-refractivity contribution in [3.05, 3.63) is 29.8 Å². The van der Waals surface area contributed by atoms with Gasteiger partial charge in [0.15, 0.2) is 0 Å². The molecule has 1 aromatic rings. The summed E-state index contributed by atoms with van der Waals surface area (Å²) in [5.41, 5.74) is 1.91. The average Bonchev–Trinajstić information content (AvgIpc) is 2.43. The minimum atomic E-state index is -3.31. The third-order valence-corrected chi connectivity index (χ3v) is 5.44. The van der Waals surface area contributed by atoms with Crippen molar-refractivity contribution in [2.75, 3.05) is 24.4 Å². The number of rotatable bonds is 7. The smallest absolute Gasteiger partial charge is 0.238 e. The van der Waals surface area contributed by atoms with Gasteiger partial charge >= 0.3 is 0 Å². The molecule has 0 bridgehead atoms. The molecule has 4 nitrogen and oxygen atoms in total. The van der Waals surface area contributed by atoms with E-state index in [0.717, 1.165) is 13.0 Å². The summed E-state index contributed by atoms with van der Waals surface area (Å²) in [6.45, 7) is 7.01. The van der Waals surface area contributed by atoms with Crippen LogP contribution in [0, 0.1) is 0 Å². The largest absolute Gasteiger partial charge is 0.316 e. The number of anilines is 1. The van der Waals surface area contributed by atoms with E-state index in [1.807, 2.05) is 31.2 Å². The third-order valence-electron chi connectivity index (χ3n) is 3.28. The summed E-state index contributed by atoms with van der Waals surface area (Å²) >= 11 is 0. The fourth-order valence-electron chi connectivity index (χ4n) is 1.81. The van der Waals surface area contributed by atoms with E-state index in [0.29, 0.717) is 12.2 Å². The van der Waals surface area contributed by atoms with Crippen LogP contribution in [0.2, 0.25) is 0 Å². The van der Waals surface area contributed by atoms with E-state index in [1.165, 1.54) is 9.87 Å². The standard InChI is InChI=1S/C14H24N2O2S/c1-5-13-7-9-14(10-8-13)16(4)19(17,18)12(3)11-15-6-2/h7-10,12,15H,5-6,11H2,1-4H3. The first kappa shape index (κ1) is 16.0. The predicted octanol–water partition coefficient (Wildman–Crippen LogP) is 2.01. The number of nitrogens with one attached hydrogen (secondary N) is 1. The Morgan fingerprint density at radius 1 is 1.21 bits per heavy atom. The molecule has 108 valence electrons. The second-order valence-electron chi connectivity index (χ2n) is 4.65. The first-order chi connectivity index (χ1) is 8.93. The number of hydrogen-bond donors (Lipinski definition) is 1. The fourth-order valence-corrected chi connectivity index (χ4v) is 3.10. The van der Waals surface area contributed by atoms with Gasteiger partial charge in [-0.15, -0.1) is 0 Å². The molecule has 0 heterocycles. The first-order valence-electron chi connectivity index (χ1n) is 6.70. The Morgan fingerprint density at radius 2 is 1.79 bits per heavy atom. The zero-order chi connectivity index (χ0) is 14.5. The summed E-state index contributed by atoms with van der Waals surface area (Å²) in [7, 11) is -1.70. The molecule has 5 heteroatoms. The Bertz CT molecular complexity index is 483. The topological polar surface area (TPSA) is 49.4 Å². The summed E-state index contributed by atoms with van der Waals surface area (Å²) in [4.78, 5) is 0. The van der Waals surface area contributed by atoms with Gasteiger partial charge in [-0.1, -0.05) is 26.0 Å². The Hall–Kier alpha value is -1.07. The molecule has 0 aromatic heterocycles. The minimum absolute atomic E-state index is 0.441. The molecule has 1 N–H and O–H groups in total. The van der Waals surface area contributed by atoms with Crippen molar-refractivity contribution in [1.82, 2.24) is 5.32 Å². The molecule has 1 unspecified atom stereocenters. The van der Waals surface area contributed by atoms with Crippen LogP contribution < -0.4 is 9.62 Å². The molecule has 0 fully saturated rings. The van der Waals surface area contributed by atoms with Crippen LogP contribution in [0.1, 0.15) is 26.3 Å². The third kappa shape index (κ3) is 3.94. The molecule has 0 saturated heterocycles. The van der Waals surface area contributed by atoms with Crippen LogP contribution in [-0.2, 0) is 16.4 Å². The van der Waals surface area contributed by atoms with Gasteiger partial charge in [0.05, 0.1) is 10.9 Å². The van der Waals surface area contributed by atoms with Crippen LogP contribution in [0.15, 0.2) is 24.3 Å². The van der Waals surface area contributed by atoms with Crippen LogP contribution in [-0.4, -0.2) is 33.8 Å². The lowest BCUT2D eigenvalue weighted by atomic mass is 10.1. The van der Waals surface area contributed by atoms with E-state index < -0.39 is 15.3 Å². The van der Waals surface area contributed by atoms with Crippen molar-refractivity contribution in [3.63, 3.8) is 0 Å². The van der Waals surface area contributed by atoms with Crippen molar-refractivity contribution in [3.8, 4) is 0 Å². The highest BCUT2D eigenvalue weighted by Crippen LogP contribution is 2.19. The molecule has 0 aliphatic rings. The highest BCUT2D eigenvalue weighted by molar-refractivity contribution is 7.93. The zero-order valence-electron chi connectivity index (χ0n) is 12.2. The van der Waals surface area contributed by atoms with Crippen molar-refractivity contribution in [2.24, 2.45) is 0 Å². The van der Waals surface area contributed by atoms with Crippen LogP contribution in [0.4, 0.5) is 5.69 Å². The monoisotopic (exact) mass is 284 g/mol. The van der Waals surface area contributed by atoms with Gasteiger partial charge in [-0.25, -0.2) is 8.42 Å². The van der Waals surface area contributed by atoms with Crippen LogP contribution in [0.3, 0.4) is 0 Å². The van der Waals surface area contributed by atoms with Gasteiger partial charge in [0.25, 0.3) is 0 Å². The summed E-state index contributed by atoms with van der Waals surface area (Å²) in [6, 6.07) is 7.65. The maximum Gasteiger partial charge on any atom is 0.238 e. The highest BCUT2D eigenvalue weighted by atomic mass is 32.2. The van der Waals surface area contributed by atoms with Gasteiger partial charge in [-0.2, -0.15) is 0 Å². The van der Waals surface area contributed by atoms with Gasteiger partial charge in [0.1, 0.15) is 0 Å². The van der Waals surface area contributed by atoms with E-state index in [2.05, 4.69) is 12.2 Å². The fraction of sp³-hybridized carbons (Fsp3) is 0.571. The number of benzene rings is 1. The maximum atomic E-state index is 12.4. The van der Waals surface area contributed by atoms with Crippen molar-refractivity contribution in [1.29, 1.82) is 0 Å². The highest BCUT2D eigenvalue weighted by Gasteiger charge is 2.25. The van der Waals surface area contributed by atoms with E-state index in [-0.39, 0.29) is 0 Å². The Labute approximate surface area is 116 Å². The quantitative estimate of drug-likeness (QED) is 0.833. The lowest BCUT2D eigenvalue weighted by Crippen LogP contribution is -2.40. The number of sulfonamides is 1. The van der Waals surface area contributed by atoms with Crippen LogP contribution in [0.25, 0.3) is 0 Å². The minimum Gasteiger partial charge on any atom is -0.316 e. The summed E-state index contributed by atoms with van der Waals surface area (Å²) in [5.74, 6) is 0. The van der Waals surface area contributed by atoms with Gasteiger partial charge < -0.3 is 5.32 Å². The molecule has 0 radical (unpaired) electrons. The van der Waals surface area contributed by atoms with Gasteiger partial charge in [-0.05, 0) is 37.6 Å². The van der Waals surface area contributed by atoms with Crippen molar-refractivity contribution in [2.45, 2.75) is 32.4 Å². The van der Waals surface area contributed by atoms with Crippen LogP contribution in [0.5, 0.6) is 0 Å². The molecule has 0 spiro atoms. The Balaban J connectivity index is 2.87. The molecule has 19 heavy (non-hydrogen) atoms. The molecule has 0 saturated carbocycles. The number of nitrogens with zero attached hydrogens (tertiary/aromatic N) is 1. The van der Waals surface area contributed by atoms with Gasteiger partial charge in [-0.3, -0.25) is 4.31 Å². The Morgan fingerprint density at radius 3 is 2.26 bits per heavy atom. The summed E-state index contributed by atoms with van der Waals surface area (Å²) < 4.78 is 26.1. The molecule has 1 rings (SSSR count). The van der Waals surface area contributed by atoms with E-state index in [4.69, 9.17) is 0 Å². The number of hydrogen-bond acceptors (Lipinski definition) is 3. The second kappa shape index (κ2) is 6.91. The SMILES string of the molecule is CCNCC(C)S(=O)(=O)N(C)c1ccc(CC)cc1.